The Morgan fingerprint density at radius 2 is 2.10 bits per heavy atom. The van der Waals surface area contributed by atoms with Crippen LogP contribution in [0.25, 0.3) is 0 Å². The number of hydrogen-bond acceptors (Lipinski definition) is 5. The third-order valence-electron chi connectivity index (χ3n) is 2.76. The Morgan fingerprint density at radius 1 is 1.40 bits per heavy atom. The van der Waals surface area contributed by atoms with Crippen LogP contribution in [0.5, 0.6) is 5.75 Å². The number of ether oxygens (including phenoxy) is 2. The first-order valence-corrected chi connectivity index (χ1v) is 6.52. The second kappa shape index (κ2) is 7.85. The molecule has 1 aromatic carbocycles. The van der Waals surface area contributed by atoms with Crippen molar-refractivity contribution >= 4 is 0 Å². The molecule has 0 amide bonds. The van der Waals surface area contributed by atoms with Gasteiger partial charge >= 0.3 is 0 Å². The average Bonchev–Trinajstić information content (AvgIpc) is 2.43. The molecule has 0 saturated heterocycles. The summed E-state index contributed by atoms with van der Waals surface area (Å²) in [6.07, 6.45) is -0.655. The first-order valence-electron chi connectivity index (χ1n) is 6.52. The lowest BCUT2D eigenvalue weighted by Gasteiger charge is -2.26. The number of hydrogen-bond donors (Lipinski definition) is 2. The van der Waals surface area contributed by atoms with E-state index in [1.165, 1.54) is 0 Å². The molecule has 110 valence electrons. The van der Waals surface area contributed by atoms with Crippen LogP contribution in [0.4, 0.5) is 0 Å². The predicted molar refractivity (Wildman–Crippen MR) is 76.6 cm³/mol. The zero-order valence-corrected chi connectivity index (χ0v) is 12.2. The monoisotopic (exact) mass is 278 g/mol. The average molecular weight is 278 g/mol. The molecule has 0 bridgehead atoms. The highest BCUT2D eigenvalue weighted by molar-refractivity contribution is 5.42. The van der Waals surface area contributed by atoms with Crippen LogP contribution in [0.2, 0.25) is 0 Å². The molecule has 0 fully saturated rings. The molecular formula is C15H22N2O3. The Kier molecular flexibility index (Phi) is 6.46. The van der Waals surface area contributed by atoms with E-state index >= 15 is 0 Å². The predicted octanol–water partition coefficient (Wildman–Crippen LogP) is 1.31. The van der Waals surface area contributed by atoms with Crippen molar-refractivity contribution in [1.82, 2.24) is 5.32 Å². The lowest BCUT2D eigenvalue weighted by Crippen LogP contribution is -2.47. The molecule has 5 nitrogen and oxygen atoms in total. The van der Waals surface area contributed by atoms with Gasteiger partial charge in [-0.05, 0) is 26.0 Å². The molecule has 0 spiro atoms. The summed E-state index contributed by atoms with van der Waals surface area (Å²) in [5.41, 5.74) is 0.257. The van der Waals surface area contributed by atoms with Crippen LogP contribution in [0, 0.1) is 11.3 Å². The molecular weight excluding hydrogens is 256 g/mol. The van der Waals surface area contributed by atoms with Crippen molar-refractivity contribution in [1.29, 1.82) is 5.26 Å². The first kappa shape index (κ1) is 16.4. The molecule has 1 unspecified atom stereocenters. The lowest BCUT2D eigenvalue weighted by atomic mass is 10.1. The number of para-hydroxylation sites is 1. The van der Waals surface area contributed by atoms with E-state index in [9.17, 15) is 5.11 Å². The number of benzene rings is 1. The van der Waals surface area contributed by atoms with E-state index in [-0.39, 0.29) is 12.1 Å². The highest BCUT2D eigenvalue weighted by atomic mass is 16.5. The summed E-state index contributed by atoms with van der Waals surface area (Å²) in [7, 11) is 1.64. The third-order valence-corrected chi connectivity index (χ3v) is 2.76. The fourth-order valence-electron chi connectivity index (χ4n) is 1.74. The summed E-state index contributed by atoms with van der Waals surface area (Å²) >= 11 is 0. The number of nitrogens with one attached hydrogen (secondary N) is 1. The van der Waals surface area contributed by atoms with E-state index in [0.29, 0.717) is 24.5 Å². The van der Waals surface area contributed by atoms with Gasteiger partial charge in [-0.1, -0.05) is 12.1 Å². The Labute approximate surface area is 120 Å². The van der Waals surface area contributed by atoms with Crippen molar-refractivity contribution < 1.29 is 14.6 Å². The Morgan fingerprint density at radius 3 is 2.75 bits per heavy atom. The molecule has 1 aromatic rings. The maximum atomic E-state index is 9.89. The quantitative estimate of drug-likeness (QED) is 0.750. The Hall–Kier alpha value is -1.61. The van der Waals surface area contributed by atoms with Crippen molar-refractivity contribution in [3.8, 4) is 11.8 Å². The van der Waals surface area contributed by atoms with Gasteiger partial charge in [0.15, 0.2) is 0 Å². The number of nitrogens with zero attached hydrogens (tertiary/aromatic N) is 1. The minimum Gasteiger partial charge on any atom is -0.489 e. The maximum absolute atomic E-state index is 9.89. The summed E-state index contributed by atoms with van der Waals surface area (Å²) in [4.78, 5) is 0. The number of aliphatic hydroxyl groups excluding tert-OH is 1. The highest BCUT2D eigenvalue weighted by Gasteiger charge is 2.18. The molecule has 1 atom stereocenters. The molecule has 20 heavy (non-hydrogen) atoms. The number of rotatable bonds is 8. The first-order chi connectivity index (χ1) is 9.48. The smallest absolute Gasteiger partial charge is 0.137 e. The number of methoxy groups -OCH3 is 1. The minimum atomic E-state index is -0.655. The normalized spacial score (nSPS) is 12.8. The van der Waals surface area contributed by atoms with E-state index in [4.69, 9.17) is 14.7 Å². The van der Waals surface area contributed by atoms with Gasteiger partial charge in [0.1, 0.15) is 24.5 Å². The van der Waals surface area contributed by atoms with Crippen molar-refractivity contribution in [2.24, 2.45) is 0 Å². The van der Waals surface area contributed by atoms with E-state index in [1.807, 2.05) is 13.8 Å². The van der Waals surface area contributed by atoms with Gasteiger partial charge in [-0.25, -0.2) is 0 Å². The lowest BCUT2D eigenvalue weighted by molar-refractivity contribution is 0.0812. The molecule has 0 heterocycles. The van der Waals surface area contributed by atoms with E-state index < -0.39 is 6.10 Å². The van der Waals surface area contributed by atoms with Crippen LogP contribution in [-0.4, -0.2) is 43.6 Å². The van der Waals surface area contributed by atoms with Gasteiger partial charge in [-0.2, -0.15) is 5.26 Å². The van der Waals surface area contributed by atoms with Crippen LogP contribution >= 0.6 is 0 Å². The van der Waals surface area contributed by atoms with Gasteiger partial charge in [-0.15, -0.1) is 0 Å². The number of nitriles is 1. The van der Waals surface area contributed by atoms with Crippen LogP contribution < -0.4 is 10.1 Å². The van der Waals surface area contributed by atoms with Crippen molar-refractivity contribution in [3.63, 3.8) is 0 Å². The van der Waals surface area contributed by atoms with Gasteiger partial charge in [0, 0.05) is 19.2 Å². The molecule has 2 N–H and O–H groups in total. The van der Waals surface area contributed by atoms with Crippen molar-refractivity contribution in [2.75, 3.05) is 26.9 Å². The SMILES string of the molecule is COCC(C)(C)NCC(O)COc1ccccc1C#N. The molecule has 0 aromatic heterocycles. The zero-order chi connectivity index (χ0) is 15.0. The van der Waals surface area contributed by atoms with Gasteiger partial charge in [0.2, 0.25) is 0 Å². The standard InChI is InChI=1S/C15H22N2O3/c1-15(2,11-19-3)17-9-13(18)10-20-14-7-5-4-6-12(14)8-16/h4-7,13,17-18H,9-11H2,1-3H3. The van der Waals surface area contributed by atoms with Gasteiger partial charge in [-0.3, -0.25) is 0 Å². The van der Waals surface area contributed by atoms with Crippen molar-refractivity contribution in [3.05, 3.63) is 29.8 Å². The van der Waals surface area contributed by atoms with Crippen LogP contribution in [0.3, 0.4) is 0 Å². The molecule has 0 saturated carbocycles. The summed E-state index contributed by atoms with van der Waals surface area (Å²) < 4.78 is 10.6. The summed E-state index contributed by atoms with van der Waals surface area (Å²) in [6, 6.07) is 9.02. The second-order valence-corrected chi connectivity index (χ2v) is 5.27. The summed E-state index contributed by atoms with van der Waals surface area (Å²) in [5.74, 6) is 0.491. The largest absolute Gasteiger partial charge is 0.489 e. The zero-order valence-electron chi connectivity index (χ0n) is 12.2. The molecule has 5 heteroatoms. The minimum absolute atomic E-state index is 0.134. The number of β-amino-alcohol motifs (C(OH)–C–C–N with tert-alkyl or cyclic N) is 1. The molecule has 0 radical (unpaired) electrons. The van der Waals surface area contributed by atoms with E-state index in [1.54, 1.807) is 31.4 Å². The Balaban J connectivity index is 2.40. The highest BCUT2D eigenvalue weighted by Crippen LogP contribution is 2.16. The maximum Gasteiger partial charge on any atom is 0.137 e. The molecule has 0 aliphatic heterocycles. The second-order valence-electron chi connectivity index (χ2n) is 5.27. The molecule has 0 aliphatic carbocycles. The van der Waals surface area contributed by atoms with Gasteiger partial charge in [0.05, 0.1) is 12.2 Å². The molecule has 0 aliphatic rings. The fourth-order valence-corrected chi connectivity index (χ4v) is 1.74. The van der Waals surface area contributed by atoms with Crippen LogP contribution in [0.1, 0.15) is 19.4 Å². The van der Waals surface area contributed by atoms with E-state index in [2.05, 4.69) is 11.4 Å². The van der Waals surface area contributed by atoms with Gasteiger partial charge in [0.25, 0.3) is 0 Å². The molecule has 1 rings (SSSR count). The topological polar surface area (TPSA) is 74.5 Å². The number of aliphatic hydroxyl groups is 1. The van der Waals surface area contributed by atoms with Crippen LogP contribution in [-0.2, 0) is 4.74 Å². The summed E-state index contributed by atoms with van der Waals surface area (Å²) in [6.45, 7) is 5.07. The fraction of sp³-hybridized carbons (Fsp3) is 0.533. The van der Waals surface area contributed by atoms with E-state index in [0.717, 1.165) is 0 Å². The van der Waals surface area contributed by atoms with Crippen molar-refractivity contribution in [2.45, 2.75) is 25.5 Å². The summed E-state index contributed by atoms with van der Waals surface area (Å²) in [5, 5.41) is 22.0. The van der Waals surface area contributed by atoms with Crippen LogP contribution in [0.15, 0.2) is 24.3 Å². The Bertz CT molecular complexity index is 455. The third kappa shape index (κ3) is 5.57. The van der Waals surface area contributed by atoms with Gasteiger partial charge < -0.3 is 19.9 Å².